The number of aromatic nitrogens is 3. The average Bonchev–Trinajstić information content (AvgIpc) is 3.47. The fourth-order valence-corrected chi connectivity index (χ4v) is 5.04. The molecule has 0 unspecified atom stereocenters. The number of methoxy groups -OCH3 is 1. The highest BCUT2D eigenvalue weighted by molar-refractivity contribution is 5.76. The van der Waals surface area contributed by atoms with E-state index in [2.05, 4.69) is 15.0 Å². The maximum atomic E-state index is 13.5. The molecule has 0 bridgehead atoms. The van der Waals surface area contributed by atoms with Crippen LogP contribution >= 0.6 is 0 Å². The molecule has 0 spiro atoms. The Morgan fingerprint density at radius 1 is 1.14 bits per heavy atom. The number of ether oxygens (including phenoxy) is 1. The maximum Gasteiger partial charge on any atom is 0.435 e. The van der Waals surface area contributed by atoms with Crippen LogP contribution in [0.1, 0.15) is 35.7 Å². The molecule has 36 heavy (non-hydrogen) atoms. The molecule has 1 fully saturated rings. The van der Waals surface area contributed by atoms with Gasteiger partial charge in [0.2, 0.25) is 5.91 Å². The minimum absolute atomic E-state index is 0.169. The van der Waals surface area contributed by atoms with Crippen LogP contribution in [0.25, 0.3) is 11.3 Å². The van der Waals surface area contributed by atoms with Gasteiger partial charge < -0.3 is 19.0 Å². The van der Waals surface area contributed by atoms with Gasteiger partial charge in [0.15, 0.2) is 17.3 Å². The van der Waals surface area contributed by atoms with E-state index in [1.54, 1.807) is 25.1 Å². The molecule has 3 heterocycles. The summed E-state index contributed by atoms with van der Waals surface area (Å²) in [6, 6.07) is 5.83. The first-order valence-corrected chi connectivity index (χ1v) is 12.0. The maximum absolute atomic E-state index is 13.5. The first-order chi connectivity index (χ1) is 17.2. The molecule has 8 nitrogen and oxygen atoms in total. The number of alkyl halides is 3. The van der Waals surface area contributed by atoms with Gasteiger partial charge in [0.25, 0.3) is 0 Å². The van der Waals surface area contributed by atoms with E-state index >= 15 is 0 Å². The SMILES string of the molecule is COc1cc(N2CCN(C(=O)Cn3nc(C(F)(F)F)c4c3CCCC4)CC2)ccc1-c1cnc(C)o1. The molecule has 11 heteroatoms. The van der Waals surface area contributed by atoms with Gasteiger partial charge in [-0.25, -0.2) is 4.98 Å². The van der Waals surface area contributed by atoms with Crippen LogP contribution in [0.4, 0.5) is 18.9 Å². The lowest BCUT2D eigenvalue weighted by molar-refractivity contribution is -0.142. The molecule has 0 atom stereocenters. The van der Waals surface area contributed by atoms with Crippen molar-refractivity contribution in [2.75, 3.05) is 38.2 Å². The highest BCUT2D eigenvalue weighted by atomic mass is 19.4. The summed E-state index contributed by atoms with van der Waals surface area (Å²) in [7, 11) is 1.60. The summed E-state index contributed by atoms with van der Waals surface area (Å²) in [5.74, 6) is 1.64. The molecule has 5 rings (SSSR count). The second-order valence-electron chi connectivity index (χ2n) is 9.13. The van der Waals surface area contributed by atoms with Gasteiger partial charge in [-0.05, 0) is 37.8 Å². The van der Waals surface area contributed by atoms with E-state index < -0.39 is 11.9 Å². The molecule has 1 saturated heterocycles. The van der Waals surface area contributed by atoms with Gasteiger partial charge in [-0.1, -0.05) is 0 Å². The summed E-state index contributed by atoms with van der Waals surface area (Å²) in [4.78, 5) is 21.0. The molecule has 2 aromatic heterocycles. The highest BCUT2D eigenvalue weighted by Crippen LogP contribution is 2.36. The quantitative estimate of drug-likeness (QED) is 0.522. The molecule has 1 aromatic carbocycles. The Morgan fingerprint density at radius 2 is 1.89 bits per heavy atom. The summed E-state index contributed by atoms with van der Waals surface area (Å²) >= 11 is 0. The van der Waals surface area contributed by atoms with Crippen LogP contribution < -0.4 is 9.64 Å². The van der Waals surface area contributed by atoms with Gasteiger partial charge in [-0.3, -0.25) is 9.48 Å². The van der Waals surface area contributed by atoms with Crippen molar-refractivity contribution in [1.29, 1.82) is 0 Å². The number of rotatable bonds is 5. The molecular weight excluding hydrogens is 475 g/mol. The van der Waals surface area contributed by atoms with Gasteiger partial charge in [0, 0.05) is 56.1 Å². The molecule has 0 N–H and O–H groups in total. The van der Waals surface area contributed by atoms with Gasteiger partial charge in [0.1, 0.15) is 12.3 Å². The lowest BCUT2D eigenvalue weighted by atomic mass is 9.95. The van der Waals surface area contributed by atoms with Gasteiger partial charge >= 0.3 is 6.18 Å². The Morgan fingerprint density at radius 3 is 2.56 bits per heavy atom. The number of fused-ring (bicyclic) bond motifs is 1. The van der Waals surface area contributed by atoms with E-state index in [1.807, 2.05) is 18.2 Å². The van der Waals surface area contributed by atoms with Crippen molar-refractivity contribution in [1.82, 2.24) is 19.7 Å². The van der Waals surface area contributed by atoms with Crippen molar-refractivity contribution < 1.29 is 27.1 Å². The number of piperazine rings is 1. The van der Waals surface area contributed by atoms with E-state index in [0.717, 1.165) is 17.7 Å². The first kappa shape index (κ1) is 24.2. The van der Waals surface area contributed by atoms with Gasteiger partial charge in [-0.15, -0.1) is 0 Å². The van der Waals surface area contributed by atoms with Crippen molar-refractivity contribution in [2.45, 2.75) is 45.3 Å². The van der Waals surface area contributed by atoms with Crippen molar-refractivity contribution in [3.63, 3.8) is 0 Å². The number of halogens is 3. The molecule has 1 aliphatic carbocycles. The number of oxazole rings is 1. The van der Waals surface area contributed by atoms with E-state index in [4.69, 9.17) is 9.15 Å². The molecular formula is C25H28F3N5O3. The number of hydrogen-bond acceptors (Lipinski definition) is 6. The first-order valence-electron chi connectivity index (χ1n) is 12.0. The average molecular weight is 504 g/mol. The Kier molecular flexibility index (Phi) is 6.40. The number of carbonyl (C=O) groups is 1. The summed E-state index contributed by atoms with van der Waals surface area (Å²) in [5, 5.41) is 3.82. The van der Waals surface area contributed by atoms with Crippen molar-refractivity contribution >= 4 is 11.6 Å². The third-order valence-corrected chi connectivity index (χ3v) is 6.88. The number of benzene rings is 1. The van der Waals surface area contributed by atoms with Crippen LogP contribution in [0.5, 0.6) is 5.75 Å². The second-order valence-corrected chi connectivity index (χ2v) is 9.13. The Balaban J connectivity index is 1.25. The third kappa shape index (κ3) is 4.66. The zero-order valence-electron chi connectivity index (χ0n) is 20.3. The van der Waals surface area contributed by atoms with E-state index in [0.29, 0.717) is 68.5 Å². The van der Waals surface area contributed by atoms with E-state index in [-0.39, 0.29) is 18.0 Å². The molecule has 0 radical (unpaired) electrons. The summed E-state index contributed by atoms with van der Waals surface area (Å²) in [6.07, 6.45) is -0.460. The van der Waals surface area contributed by atoms with E-state index in [9.17, 15) is 18.0 Å². The third-order valence-electron chi connectivity index (χ3n) is 6.88. The van der Waals surface area contributed by atoms with Gasteiger partial charge in [-0.2, -0.15) is 18.3 Å². The minimum atomic E-state index is -4.51. The topological polar surface area (TPSA) is 76.6 Å². The van der Waals surface area contributed by atoms with Crippen molar-refractivity contribution in [2.24, 2.45) is 0 Å². The van der Waals surface area contributed by atoms with Crippen LogP contribution in [0.15, 0.2) is 28.8 Å². The smallest absolute Gasteiger partial charge is 0.435 e. The predicted molar refractivity (Wildman–Crippen MR) is 126 cm³/mol. The van der Waals surface area contributed by atoms with Crippen LogP contribution in [0, 0.1) is 6.92 Å². The number of amides is 1. The lowest BCUT2D eigenvalue weighted by Gasteiger charge is -2.36. The number of carbonyl (C=O) groups excluding carboxylic acids is 1. The van der Waals surface area contributed by atoms with Crippen LogP contribution in [-0.4, -0.2) is 58.9 Å². The van der Waals surface area contributed by atoms with Gasteiger partial charge in [0.05, 0.1) is 18.9 Å². The highest BCUT2D eigenvalue weighted by Gasteiger charge is 2.40. The van der Waals surface area contributed by atoms with E-state index in [1.165, 1.54) is 4.68 Å². The predicted octanol–water partition coefficient (Wildman–Crippen LogP) is 4.10. The van der Waals surface area contributed by atoms with Crippen LogP contribution in [0.3, 0.4) is 0 Å². The monoisotopic (exact) mass is 503 g/mol. The molecule has 0 saturated carbocycles. The summed E-state index contributed by atoms with van der Waals surface area (Å²) < 4.78 is 52.9. The zero-order chi connectivity index (χ0) is 25.4. The minimum Gasteiger partial charge on any atom is -0.496 e. The number of nitrogens with zero attached hydrogens (tertiary/aromatic N) is 5. The van der Waals surface area contributed by atoms with Crippen LogP contribution in [0.2, 0.25) is 0 Å². The lowest BCUT2D eigenvalue weighted by Crippen LogP contribution is -2.49. The fourth-order valence-electron chi connectivity index (χ4n) is 5.04. The Labute approximate surface area is 206 Å². The summed E-state index contributed by atoms with van der Waals surface area (Å²) in [5.41, 5.74) is 1.72. The zero-order valence-corrected chi connectivity index (χ0v) is 20.3. The molecule has 192 valence electrons. The molecule has 1 aliphatic heterocycles. The number of anilines is 1. The fraction of sp³-hybridized carbons (Fsp3) is 0.480. The molecule has 2 aliphatic rings. The molecule has 1 amide bonds. The normalized spacial score (nSPS) is 16.2. The van der Waals surface area contributed by atoms with Crippen molar-refractivity contribution in [3.8, 4) is 17.1 Å². The largest absolute Gasteiger partial charge is 0.496 e. The Hall–Kier alpha value is -3.50. The standard InChI is InChI=1S/C25H28F3N5O3/c1-16-29-14-22(36-16)19-8-7-17(13-21(19)35-2)31-9-11-32(12-10-31)23(34)15-33-20-6-4-3-5-18(20)24(30-33)25(26,27)28/h7-8,13-14H,3-6,9-12,15H2,1-2H3. The Bertz CT molecular complexity index is 1260. The van der Waals surface area contributed by atoms with Crippen molar-refractivity contribution in [3.05, 3.63) is 47.2 Å². The second kappa shape index (κ2) is 9.51. The van der Waals surface area contributed by atoms with Crippen LogP contribution in [-0.2, 0) is 30.4 Å². The number of hydrogen-bond donors (Lipinski definition) is 0. The molecule has 3 aromatic rings. The summed E-state index contributed by atoms with van der Waals surface area (Å²) in [6.45, 7) is 3.75. The number of aryl methyl sites for hydroxylation is 1.